The van der Waals surface area contributed by atoms with Crippen LogP contribution in [0.1, 0.15) is 51.9 Å². The quantitative estimate of drug-likeness (QED) is 0.737. The molecule has 0 atom stereocenters. The standard InChI is InChI=1S/C13H21NO3/c1-12(5-3-2-4-6-12)9-14-10(15)13(7-8-13)11(16)17/h2-9H2,1H3,(H,14,15)(H,16,17). The van der Waals surface area contributed by atoms with E-state index >= 15 is 0 Å². The maximum atomic E-state index is 11.9. The summed E-state index contributed by atoms with van der Waals surface area (Å²) in [6.07, 6.45) is 6.96. The zero-order valence-corrected chi connectivity index (χ0v) is 10.4. The second-order valence-electron chi connectivity index (χ2n) is 5.94. The summed E-state index contributed by atoms with van der Waals surface area (Å²) in [7, 11) is 0. The number of aliphatic carboxylic acids is 1. The second-order valence-corrected chi connectivity index (χ2v) is 5.94. The fourth-order valence-corrected chi connectivity index (χ4v) is 2.71. The van der Waals surface area contributed by atoms with Gasteiger partial charge >= 0.3 is 5.97 Å². The van der Waals surface area contributed by atoms with Gasteiger partial charge in [-0.1, -0.05) is 26.2 Å². The molecule has 2 N–H and O–H groups in total. The van der Waals surface area contributed by atoms with E-state index in [2.05, 4.69) is 12.2 Å². The van der Waals surface area contributed by atoms with E-state index in [1.165, 1.54) is 19.3 Å². The lowest BCUT2D eigenvalue weighted by Crippen LogP contribution is -2.42. The number of nitrogens with one attached hydrogen (secondary N) is 1. The van der Waals surface area contributed by atoms with Crippen molar-refractivity contribution >= 4 is 11.9 Å². The van der Waals surface area contributed by atoms with Crippen molar-refractivity contribution in [3.8, 4) is 0 Å². The Bertz CT molecular complexity index is 328. The molecule has 2 saturated carbocycles. The van der Waals surface area contributed by atoms with Crippen molar-refractivity contribution in [2.45, 2.75) is 51.9 Å². The van der Waals surface area contributed by atoms with E-state index in [9.17, 15) is 9.59 Å². The Hall–Kier alpha value is -1.06. The molecule has 0 spiro atoms. The molecule has 4 heteroatoms. The number of carboxylic acid groups (broad SMARTS) is 1. The van der Waals surface area contributed by atoms with Gasteiger partial charge in [-0.15, -0.1) is 0 Å². The molecule has 4 nitrogen and oxygen atoms in total. The number of carbonyl (C=O) groups excluding carboxylic acids is 1. The molecule has 0 aromatic rings. The van der Waals surface area contributed by atoms with E-state index in [-0.39, 0.29) is 11.3 Å². The zero-order chi connectivity index (χ0) is 12.5. The summed E-state index contributed by atoms with van der Waals surface area (Å²) in [5, 5.41) is 11.9. The summed E-state index contributed by atoms with van der Waals surface area (Å²) in [4.78, 5) is 22.9. The van der Waals surface area contributed by atoms with Gasteiger partial charge in [-0.05, 0) is 31.1 Å². The molecule has 1 amide bonds. The average Bonchev–Trinajstić information content (AvgIpc) is 3.08. The van der Waals surface area contributed by atoms with Crippen molar-refractivity contribution in [3.05, 3.63) is 0 Å². The summed E-state index contributed by atoms with van der Waals surface area (Å²) in [6, 6.07) is 0. The van der Waals surface area contributed by atoms with Crippen LogP contribution in [0.4, 0.5) is 0 Å². The highest BCUT2D eigenvalue weighted by Gasteiger charge is 2.57. The SMILES string of the molecule is CC1(CNC(=O)C2(C(=O)O)CC2)CCCCC1. The second kappa shape index (κ2) is 4.31. The third-order valence-electron chi connectivity index (χ3n) is 4.33. The molecule has 2 aliphatic carbocycles. The maximum absolute atomic E-state index is 11.9. The van der Waals surface area contributed by atoms with E-state index in [0.29, 0.717) is 19.4 Å². The van der Waals surface area contributed by atoms with Crippen LogP contribution in [0.15, 0.2) is 0 Å². The van der Waals surface area contributed by atoms with Gasteiger partial charge in [0.25, 0.3) is 0 Å². The van der Waals surface area contributed by atoms with Crippen LogP contribution in [0.5, 0.6) is 0 Å². The topological polar surface area (TPSA) is 66.4 Å². The van der Waals surface area contributed by atoms with Crippen LogP contribution in [-0.4, -0.2) is 23.5 Å². The van der Waals surface area contributed by atoms with Crippen molar-refractivity contribution in [1.82, 2.24) is 5.32 Å². The lowest BCUT2D eigenvalue weighted by molar-refractivity contribution is -0.149. The number of hydrogen-bond donors (Lipinski definition) is 2. The fraction of sp³-hybridized carbons (Fsp3) is 0.846. The average molecular weight is 239 g/mol. The van der Waals surface area contributed by atoms with Crippen molar-refractivity contribution in [2.24, 2.45) is 10.8 Å². The third kappa shape index (κ3) is 2.45. The molecule has 2 rings (SSSR count). The highest BCUT2D eigenvalue weighted by molar-refractivity contribution is 6.04. The van der Waals surface area contributed by atoms with Crippen LogP contribution in [-0.2, 0) is 9.59 Å². The summed E-state index contributed by atoms with van der Waals surface area (Å²) in [5.74, 6) is -1.25. The van der Waals surface area contributed by atoms with Crippen LogP contribution >= 0.6 is 0 Å². The Morgan fingerprint density at radius 3 is 2.18 bits per heavy atom. The molecule has 96 valence electrons. The van der Waals surface area contributed by atoms with Crippen molar-refractivity contribution in [1.29, 1.82) is 0 Å². The highest BCUT2D eigenvalue weighted by atomic mass is 16.4. The van der Waals surface area contributed by atoms with Crippen molar-refractivity contribution in [3.63, 3.8) is 0 Å². The fourth-order valence-electron chi connectivity index (χ4n) is 2.71. The van der Waals surface area contributed by atoms with Crippen molar-refractivity contribution in [2.75, 3.05) is 6.54 Å². The monoisotopic (exact) mass is 239 g/mol. The number of amides is 1. The molecule has 0 unspecified atom stereocenters. The molecule has 0 saturated heterocycles. The minimum absolute atomic E-state index is 0.169. The third-order valence-corrected chi connectivity index (χ3v) is 4.33. The molecule has 2 fully saturated rings. The van der Waals surface area contributed by atoms with Gasteiger partial charge in [-0.25, -0.2) is 0 Å². The molecule has 2 aliphatic rings. The van der Waals surface area contributed by atoms with Crippen LogP contribution < -0.4 is 5.32 Å². The number of rotatable bonds is 4. The first-order chi connectivity index (χ1) is 7.99. The summed E-state index contributed by atoms with van der Waals surface area (Å²) in [5.41, 5.74) is -0.923. The van der Waals surface area contributed by atoms with Crippen molar-refractivity contribution < 1.29 is 14.7 Å². The Kier molecular flexibility index (Phi) is 3.15. The molecule has 0 heterocycles. The van der Waals surface area contributed by atoms with E-state index in [0.717, 1.165) is 12.8 Å². The normalized spacial score (nSPS) is 25.0. The van der Waals surface area contributed by atoms with Gasteiger partial charge in [0, 0.05) is 6.54 Å². The van der Waals surface area contributed by atoms with Crippen LogP contribution in [0.3, 0.4) is 0 Å². The highest BCUT2D eigenvalue weighted by Crippen LogP contribution is 2.46. The number of carbonyl (C=O) groups is 2. The van der Waals surface area contributed by atoms with Gasteiger partial charge in [-0.3, -0.25) is 9.59 Å². The molecule has 0 aromatic carbocycles. The van der Waals surface area contributed by atoms with Gasteiger partial charge in [0.15, 0.2) is 0 Å². The minimum Gasteiger partial charge on any atom is -0.480 e. The first-order valence-electron chi connectivity index (χ1n) is 6.50. The van der Waals surface area contributed by atoms with E-state index < -0.39 is 11.4 Å². The summed E-state index contributed by atoms with van der Waals surface area (Å²) in [6.45, 7) is 2.81. The smallest absolute Gasteiger partial charge is 0.319 e. The largest absolute Gasteiger partial charge is 0.480 e. The Morgan fingerprint density at radius 1 is 1.12 bits per heavy atom. The molecule has 0 radical (unpaired) electrons. The predicted molar refractivity (Wildman–Crippen MR) is 63.5 cm³/mol. The van der Waals surface area contributed by atoms with Gasteiger partial charge < -0.3 is 10.4 Å². The molecule has 0 aliphatic heterocycles. The minimum atomic E-state index is -1.09. The molecule has 0 bridgehead atoms. The van der Waals surface area contributed by atoms with Gasteiger partial charge in [0.1, 0.15) is 5.41 Å². The lowest BCUT2D eigenvalue weighted by atomic mass is 9.75. The van der Waals surface area contributed by atoms with Crippen LogP contribution in [0.25, 0.3) is 0 Å². The maximum Gasteiger partial charge on any atom is 0.319 e. The summed E-state index contributed by atoms with van der Waals surface area (Å²) >= 11 is 0. The Labute approximate surface area is 102 Å². The zero-order valence-electron chi connectivity index (χ0n) is 10.4. The first kappa shape index (κ1) is 12.4. The lowest BCUT2D eigenvalue weighted by Gasteiger charge is -2.34. The van der Waals surface area contributed by atoms with Gasteiger partial charge in [0.05, 0.1) is 0 Å². The van der Waals surface area contributed by atoms with Gasteiger partial charge in [0.2, 0.25) is 5.91 Å². The first-order valence-corrected chi connectivity index (χ1v) is 6.50. The molecular weight excluding hydrogens is 218 g/mol. The molecule has 0 aromatic heterocycles. The Balaban J connectivity index is 1.86. The van der Waals surface area contributed by atoms with Crippen LogP contribution in [0.2, 0.25) is 0 Å². The van der Waals surface area contributed by atoms with E-state index in [1.54, 1.807) is 0 Å². The van der Waals surface area contributed by atoms with E-state index in [4.69, 9.17) is 5.11 Å². The van der Waals surface area contributed by atoms with E-state index in [1.807, 2.05) is 0 Å². The van der Waals surface area contributed by atoms with Gasteiger partial charge in [-0.2, -0.15) is 0 Å². The summed E-state index contributed by atoms with van der Waals surface area (Å²) < 4.78 is 0. The number of carboxylic acids is 1. The molecule has 17 heavy (non-hydrogen) atoms. The Morgan fingerprint density at radius 2 is 1.71 bits per heavy atom. The van der Waals surface area contributed by atoms with Crippen LogP contribution in [0, 0.1) is 10.8 Å². The predicted octanol–water partition coefficient (Wildman–Crippen LogP) is 1.94. The molecular formula is C13H21NO3. The number of hydrogen-bond acceptors (Lipinski definition) is 2.